The summed E-state index contributed by atoms with van der Waals surface area (Å²) in [7, 11) is 0. The van der Waals surface area contributed by atoms with E-state index in [9.17, 15) is 18.0 Å². The molecule has 0 aliphatic heterocycles. The summed E-state index contributed by atoms with van der Waals surface area (Å²) in [5, 5.41) is 2.87. The van der Waals surface area contributed by atoms with Crippen molar-refractivity contribution in [3.05, 3.63) is 35.4 Å². The first-order valence-corrected chi connectivity index (χ1v) is 8.56. The Morgan fingerprint density at radius 1 is 1.16 bits per heavy atom. The molecule has 0 saturated heterocycles. The fourth-order valence-electron chi connectivity index (χ4n) is 2.61. The first-order chi connectivity index (χ1) is 11.6. The number of hydrogen-bond donors (Lipinski definition) is 2. The van der Waals surface area contributed by atoms with Gasteiger partial charge in [-0.05, 0) is 37.7 Å². The Morgan fingerprint density at radius 2 is 1.68 bits per heavy atom. The number of carbonyl (C=O) groups excluding carboxylic acids is 1. The maximum Gasteiger partial charge on any atom is 0.416 e. The third-order valence-electron chi connectivity index (χ3n) is 4.55. The summed E-state index contributed by atoms with van der Waals surface area (Å²) < 4.78 is 38.3. The van der Waals surface area contributed by atoms with E-state index in [0.717, 1.165) is 30.8 Å². The predicted molar refractivity (Wildman–Crippen MR) is 92.9 cm³/mol. The molecule has 0 aliphatic carbocycles. The van der Waals surface area contributed by atoms with Crippen LogP contribution in [0.1, 0.15) is 44.9 Å². The first-order valence-electron chi connectivity index (χ1n) is 8.56. The zero-order valence-electron chi connectivity index (χ0n) is 15.2. The van der Waals surface area contributed by atoms with Gasteiger partial charge in [0.05, 0.1) is 11.6 Å². The summed E-state index contributed by atoms with van der Waals surface area (Å²) in [5.74, 6) is -0.482. The average Bonchev–Trinajstić information content (AvgIpc) is 2.56. The number of amides is 1. The lowest BCUT2D eigenvalue weighted by molar-refractivity contribution is -0.137. The molecule has 3 unspecified atom stereocenters. The molecule has 1 rings (SSSR count). The standard InChI is InChI=1S/C18H28F3N3O/c1-5-24(6-2)16(11-23-17(25)12(3)13(4)22)14-7-9-15(10-8-14)18(19,20)21/h7-10,12-13,16H,5-6,11,22H2,1-4H3,(H,23,25). The molecule has 0 aromatic heterocycles. The molecule has 4 nitrogen and oxygen atoms in total. The fraction of sp³-hybridized carbons (Fsp3) is 0.611. The molecule has 0 heterocycles. The van der Waals surface area contributed by atoms with Crippen LogP contribution in [0, 0.1) is 5.92 Å². The molecule has 25 heavy (non-hydrogen) atoms. The van der Waals surface area contributed by atoms with Crippen LogP contribution < -0.4 is 11.1 Å². The highest BCUT2D eigenvalue weighted by atomic mass is 19.4. The molecular weight excluding hydrogens is 331 g/mol. The number of alkyl halides is 3. The highest BCUT2D eigenvalue weighted by Crippen LogP contribution is 2.30. The van der Waals surface area contributed by atoms with E-state index in [-0.39, 0.29) is 23.9 Å². The van der Waals surface area contributed by atoms with Crippen molar-refractivity contribution in [1.82, 2.24) is 10.2 Å². The van der Waals surface area contributed by atoms with Gasteiger partial charge in [-0.3, -0.25) is 9.69 Å². The maximum absolute atomic E-state index is 12.8. The summed E-state index contributed by atoms with van der Waals surface area (Å²) in [6, 6.07) is 4.66. The summed E-state index contributed by atoms with van der Waals surface area (Å²) in [5.41, 5.74) is 5.81. The van der Waals surface area contributed by atoms with Crippen LogP contribution in [0.4, 0.5) is 13.2 Å². The van der Waals surface area contributed by atoms with Crippen molar-refractivity contribution >= 4 is 5.91 Å². The van der Waals surface area contributed by atoms with Crippen molar-refractivity contribution < 1.29 is 18.0 Å². The Balaban J connectivity index is 2.96. The zero-order valence-corrected chi connectivity index (χ0v) is 15.2. The topological polar surface area (TPSA) is 58.4 Å². The number of rotatable bonds is 8. The fourth-order valence-corrected chi connectivity index (χ4v) is 2.61. The second-order valence-corrected chi connectivity index (χ2v) is 6.25. The molecule has 3 N–H and O–H groups in total. The Hall–Kier alpha value is -1.60. The van der Waals surface area contributed by atoms with Crippen molar-refractivity contribution in [3.63, 3.8) is 0 Å². The molecule has 1 aromatic carbocycles. The van der Waals surface area contributed by atoms with Crippen molar-refractivity contribution in [3.8, 4) is 0 Å². The van der Waals surface area contributed by atoms with Crippen molar-refractivity contribution in [2.24, 2.45) is 11.7 Å². The van der Waals surface area contributed by atoms with Crippen LogP contribution in [0.2, 0.25) is 0 Å². The number of nitrogens with two attached hydrogens (primary N) is 1. The molecule has 0 bridgehead atoms. The monoisotopic (exact) mass is 359 g/mol. The summed E-state index contributed by atoms with van der Waals surface area (Å²) in [6.45, 7) is 9.25. The zero-order chi connectivity index (χ0) is 19.2. The molecule has 0 spiro atoms. The lowest BCUT2D eigenvalue weighted by atomic mass is 10.0. The Bertz CT molecular complexity index is 539. The van der Waals surface area contributed by atoms with Crippen LogP contribution in [0.15, 0.2) is 24.3 Å². The molecular formula is C18H28F3N3O. The Morgan fingerprint density at radius 3 is 2.08 bits per heavy atom. The highest BCUT2D eigenvalue weighted by Gasteiger charge is 2.30. The van der Waals surface area contributed by atoms with Crippen molar-refractivity contribution in [1.29, 1.82) is 0 Å². The van der Waals surface area contributed by atoms with Gasteiger partial charge in [0.25, 0.3) is 0 Å². The molecule has 142 valence electrons. The van der Waals surface area contributed by atoms with Gasteiger partial charge in [0, 0.05) is 18.5 Å². The van der Waals surface area contributed by atoms with Crippen LogP contribution in [-0.4, -0.2) is 36.5 Å². The SMILES string of the molecule is CCN(CC)C(CNC(=O)C(C)C(C)N)c1ccc(C(F)(F)F)cc1. The van der Waals surface area contributed by atoms with Gasteiger partial charge in [-0.2, -0.15) is 13.2 Å². The molecule has 0 radical (unpaired) electrons. The molecule has 3 atom stereocenters. The predicted octanol–water partition coefficient (Wildman–Crippen LogP) is 3.19. The van der Waals surface area contributed by atoms with Gasteiger partial charge in [0.2, 0.25) is 5.91 Å². The van der Waals surface area contributed by atoms with E-state index in [1.54, 1.807) is 13.8 Å². The minimum Gasteiger partial charge on any atom is -0.354 e. The summed E-state index contributed by atoms with van der Waals surface area (Å²) >= 11 is 0. The van der Waals surface area contributed by atoms with E-state index < -0.39 is 11.7 Å². The van der Waals surface area contributed by atoms with Crippen molar-refractivity contribution in [2.75, 3.05) is 19.6 Å². The number of benzene rings is 1. The number of nitrogens with zero attached hydrogens (tertiary/aromatic N) is 1. The summed E-state index contributed by atoms with van der Waals surface area (Å²) in [4.78, 5) is 14.2. The van der Waals surface area contributed by atoms with Gasteiger partial charge in [-0.1, -0.05) is 32.9 Å². The van der Waals surface area contributed by atoms with Gasteiger partial charge in [0.15, 0.2) is 0 Å². The van der Waals surface area contributed by atoms with Crippen LogP contribution >= 0.6 is 0 Å². The first kappa shape index (κ1) is 21.4. The van der Waals surface area contributed by atoms with E-state index in [2.05, 4.69) is 10.2 Å². The van der Waals surface area contributed by atoms with Crippen molar-refractivity contribution in [2.45, 2.75) is 46.0 Å². The van der Waals surface area contributed by atoms with E-state index in [1.165, 1.54) is 12.1 Å². The van der Waals surface area contributed by atoms with Crippen LogP contribution in [0.25, 0.3) is 0 Å². The van der Waals surface area contributed by atoms with E-state index in [4.69, 9.17) is 5.73 Å². The third-order valence-corrected chi connectivity index (χ3v) is 4.55. The number of nitrogens with one attached hydrogen (secondary N) is 1. The molecule has 7 heteroatoms. The lowest BCUT2D eigenvalue weighted by Crippen LogP contribution is -2.43. The Kier molecular flexibility index (Phi) is 7.89. The van der Waals surface area contributed by atoms with Gasteiger partial charge >= 0.3 is 6.18 Å². The molecule has 0 aliphatic rings. The normalized spacial score (nSPS) is 15.7. The number of hydrogen-bond acceptors (Lipinski definition) is 3. The number of carbonyl (C=O) groups is 1. The minimum atomic E-state index is -4.36. The smallest absolute Gasteiger partial charge is 0.354 e. The van der Waals surface area contributed by atoms with E-state index in [1.807, 2.05) is 13.8 Å². The average molecular weight is 359 g/mol. The maximum atomic E-state index is 12.8. The van der Waals surface area contributed by atoms with Gasteiger partial charge in [0.1, 0.15) is 0 Å². The number of likely N-dealkylation sites (N-methyl/N-ethyl adjacent to an activating group) is 1. The lowest BCUT2D eigenvalue weighted by Gasteiger charge is -2.31. The van der Waals surface area contributed by atoms with Gasteiger partial charge in [-0.15, -0.1) is 0 Å². The molecule has 1 amide bonds. The van der Waals surface area contributed by atoms with E-state index >= 15 is 0 Å². The van der Waals surface area contributed by atoms with Gasteiger partial charge < -0.3 is 11.1 Å². The largest absolute Gasteiger partial charge is 0.416 e. The minimum absolute atomic E-state index is 0.154. The second-order valence-electron chi connectivity index (χ2n) is 6.25. The Labute approximate surface area is 147 Å². The second kappa shape index (κ2) is 9.20. The third kappa shape index (κ3) is 6.01. The quantitative estimate of drug-likeness (QED) is 0.749. The number of halogens is 3. The van der Waals surface area contributed by atoms with Crippen LogP contribution in [0.3, 0.4) is 0 Å². The molecule has 0 fully saturated rings. The summed E-state index contributed by atoms with van der Waals surface area (Å²) in [6.07, 6.45) is -4.36. The van der Waals surface area contributed by atoms with Gasteiger partial charge in [-0.25, -0.2) is 0 Å². The van der Waals surface area contributed by atoms with Crippen LogP contribution in [-0.2, 0) is 11.0 Å². The van der Waals surface area contributed by atoms with E-state index in [0.29, 0.717) is 6.54 Å². The van der Waals surface area contributed by atoms with Crippen LogP contribution in [0.5, 0.6) is 0 Å². The molecule has 1 aromatic rings. The highest BCUT2D eigenvalue weighted by molar-refractivity contribution is 5.78. The molecule has 0 saturated carbocycles.